The maximum Gasteiger partial charge on any atom is 0.334 e. The fourth-order valence-corrected chi connectivity index (χ4v) is 1.06. The molecule has 0 aliphatic heterocycles. The van der Waals surface area contributed by atoms with Crippen LogP contribution in [0.2, 0.25) is 0 Å². The highest BCUT2D eigenvalue weighted by molar-refractivity contribution is 5.73. The maximum absolute atomic E-state index is 13.1. The van der Waals surface area contributed by atoms with Crippen LogP contribution >= 0.6 is 0 Å². The molecule has 0 unspecified atom stereocenters. The summed E-state index contributed by atoms with van der Waals surface area (Å²) in [5, 5.41) is 0. The number of halogens is 1. The van der Waals surface area contributed by atoms with Gasteiger partial charge in [0, 0.05) is 5.56 Å². The zero-order chi connectivity index (χ0) is 11.3. The SMILES string of the molecule is COC(=O)[C@@H](C)OCc1ccccc1F. The normalized spacial score (nSPS) is 12.2. The third-order valence-corrected chi connectivity index (χ3v) is 1.98. The van der Waals surface area contributed by atoms with Gasteiger partial charge in [-0.2, -0.15) is 0 Å². The topological polar surface area (TPSA) is 35.5 Å². The summed E-state index contributed by atoms with van der Waals surface area (Å²) in [5.41, 5.74) is 0.424. The number of benzene rings is 1. The molecule has 82 valence electrons. The van der Waals surface area contributed by atoms with E-state index in [1.54, 1.807) is 25.1 Å². The van der Waals surface area contributed by atoms with Gasteiger partial charge >= 0.3 is 5.97 Å². The summed E-state index contributed by atoms with van der Waals surface area (Å²) in [5.74, 6) is -0.805. The molecule has 0 saturated carbocycles. The van der Waals surface area contributed by atoms with Crippen LogP contribution in [0.1, 0.15) is 12.5 Å². The van der Waals surface area contributed by atoms with Crippen molar-refractivity contribution in [2.24, 2.45) is 0 Å². The molecule has 1 aromatic carbocycles. The van der Waals surface area contributed by atoms with E-state index in [0.717, 1.165) is 0 Å². The average molecular weight is 212 g/mol. The van der Waals surface area contributed by atoms with Crippen molar-refractivity contribution in [3.63, 3.8) is 0 Å². The number of methoxy groups -OCH3 is 1. The van der Waals surface area contributed by atoms with Gasteiger partial charge in [0.25, 0.3) is 0 Å². The Hall–Kier alpha value is -1.42. The van der Waals surface area contributed by atoms with Gasteiger partial charge in [0.05, 0.1) is 13.7 Å². The molecule has 4 heteroatoms. The molecule has 0 radical (unpaired) electrons. The van der Waals surface area contributed by atoms with Crippen LogP contribution in [0.25, 0.3) is 0 Å². The Balaban J connectivity index is 2.50. The smallest absolute Gasteiger partial charge is 0.334 e. The first-order valence-electron chi connectivity index (χ1n) is 4.58. The van der Waals surface area contributed by atoms with E-state index < -0.39 is 12.1 Å². The Kier molecular flexibility index (Phi) is 4.24. The first-order valence-corrected chi connectivity index (χ1v) is 4.58. The van der Waals surface area contributed by atoms with Crippen LogP contribution in [0.5, 0.6) is 0 Å². The lowest BCUT2D eigenvalue weighted by atomic mass is 10.2. The van der Waals surface area contributed by atoms with Crippen LogP contribution in [0.3, 0.4) is 0 Å². The van der Waals surface area contributed by atoms with E-state index >= 15 is 0 Å². The summed E-state index contributed by atoms with van der Waals surface area (Å²) in [6.07, 6.45) is -0.686. The summed E-state index contributed by atoms with van der Waals surface area (Å²) < 4.78 is 22.7. The fraction of sp³-hybridized carbons (Fsp3) is 0.364. The zero-order valence-electron chi connectivity index (χ0n) is 8.70. The fourth-order valence-electron chi connectivity index (χ4n) is 1.06. The van der Waals surface area contributed by atoms with Crippen molar-refractivity contribution in [3.05, 3.63) is 35.6 Å². The second-order valence-corrected chi connectivity index (χ2v) is 3.07. The molecular weight excluding hydrogens is 199 g/mol. The summed E-state index contributed by atoms with van der Waals surface area (Å²) in [6, 6.07) is 6.27. The van der Waals surface area contributed by atoms with E-state index in [9.17, 15) is 9.18 Å². The highest BCUT2D eigenvalue weighted by Crippen LogP contribution is 2.09. The lowest BCUT2D eigenvalue weighted by Crippen LogP contribution is -2.22. The van der Waals surface area contributed by atoms with E-state index in [2.05, 4.69) is 4.74 Å². The number of rotatable bonds is 4. The van der Waals surface area contributed by atoms with Crippen LogP contribution in [0.4, 0.5) is 4.39 Å². The van der Waals surface area contributed by atoms with Crippen molar-refractivity contribution in [3.8, 4) is 0 Å². The van der Waals surface area contributed by atoms with E-state index in [1.807, 2.05) is 0 Å². The van der Waals surface area contributed by atoms with Crippen molar-refractivity contribution < 1.29 is 18.7 Å². The quantitative estimate of drug-likeness (QED) is 0.715. The molecular formula is C11H13FO3. The molecule has 15 heavy (non-hydrogen) atoms. The predicted molar refractivity (Wildman–Crippen MR) is 52.7 cm³/mol. The predicted octanol–water partition coefficient (Wildman–Crippen LogP) is 1.90. The van der Waals surface area contributed by atoms with Gasteiger partial charge in [-0.05, 0) is 13.0 Å². The molecule has 1 atom stereocenters. The van der Waals surface area contributed by atoms with Crippen LogP contribution in [0.15, 0.2) is 24.3 Å². The molecule has 3 nitrogen and oxygen atoms in total. The molecule has 0 aromatic heterocycles. The van der Waals surface area contributed by atoms with Crippen molar-refractivity contribution >= 4 is 5.97 Å². The van der Waals surface area contributed by atoms with Gasteiger partial charge < -0.3 is 9.47 Å². The van der Waals surface area contributed by atoms with Gasteiger partial charge in [-0.15, -0.1) is 0 Å². The van der Waals surface area contributed by atoms with Crippen LogP contribution in [-0.2, 0) is 20.9 Å². The Labute approximate surface area is 87.8 Å². The standard InChI is InChI=1S/C11H13FO3/c1-8(11(13)14-2)15-7-9-5-3-4-6-10(9)12/h3-6,8H,7H2,1-2H3/t8-/m1/s1. The lowest BCUT2D eigenvalue weighted by molar-refractivity contribution is -0.153. The maximum atomic E-state index is 13.1. The third-order valence-electron chi connectivity index (χ3n) is 1.98. The molecule has 0 spiro atoms. The van der Waals surface area contributed by atoms with Crippen LogP contribution in [0, 0.1) is 5.82 Å². The van der Waals surface area contributed by atoms with Crippen LogP contribution < -0.4 is 0 Å². The van der Waals surface area contributed by atoms with Crippen molar-refractivity contribution in [2.75, 3.05) is 7.11 Å². The number of esters is 1. The Morgan fingerprint density at radius 2 is 2.13 bits per heavy atom. The average Bonchev–Trinajstić information content (AvgIpc) is 2.26. The second-order valence-electron chi connectivity index (χ2n) is 3.07. The van der Waals surface area contributed by atoms with Gasteiger partial charge in [-0.3, -0.25) is 0 Å². The molecule has 1 aromatic rings. The molecule has 1 rings (SSSR count). The van der Waals surface area contributed by atoms with Gasteiger partial charge in [-0.1, -0.05) is 18.2 Å². The molecule has 0 saturated heterocycles. The molecule has 0 heterocycles. The van der Waals surface area contributed by atoms with E-state index in [-0.39, 0.29) is 12.4 Å². The largest absolute Gasteiger partial charge is 0.467 e. The summed E-state index contributed by atoms with van der Waals surface area (Å²) in [4.78, 5) is 11.0. The number of hydrogen-bond acceptors (Lipinski definition) is 3. The Bertz CT molecular complexity index is 338. The van der Waals surface area contributed by atoms with E-state index in [1.165, 1.54) is 13.2 Å². The minimum absolute atomic E-state index is 0.0585. The van der Waals surface area contributed by atoms with E-state index in [4.69, 9.17) is 4.74 Å². The molecule has 0 fully saturated rings. The second kappa shape index (κ2) is 5.46. The van der Waals surface area contributed by atoms with Crippen molar-refractivity contribution in [1.29, 1.82) is 0 Å². The number of ether oxygens (including phenoxy) is 2. The summed E-state index contributed by atoms with van der Waals surface area (Å²) >= 11 is 0. The highest BCUT2D eigenvalue weighted by Gasteiger charge is 2.13. The van der Waals surface area contributed by atoms with Gasteiger partial charge in [0.1, 0.15) is 5.82 Å². The Morgan fingerprint density at radius 1 is 1.47 bits per heavy atom. The lowest BCUT2D eigenvalue weighted by Gasteiger charge is -2.10. The highest BCUT2D eigenvalue weighted by atomic mass is 19.1. The minimum atomic E-state index is -0.686. The molecule has 0 bridgehead atoms. The number of hydrogen-bond donors (Lipinski definition) is 0. The molecule has 0 aliphatic rings. The van der Waals surface area contributed by atoms with Gasteiger partial charge in [0.15, 0.2) is 6.10 Å². The van der Waals surface area contributed by atoms with Gasteiger partial charge in [0.2, 0.25) is 0 Å². The molecule has 0 amide bonds. The van der Waals surface area contributed by atoms with E-state index in [0.29, 0.717) is 5.56 Å². The molecule has 0 aliphatic carbocycles. The summed E-state index contributed by atoms with van der Waals surface area (Å²) in [7, 11) is 1.28. The van der Waals surface area contributed by atoms with Crippen molar-refractivity contribution in [1.82, 2.24) is 0 Å². The van der Waals surface area contributed by atoms with Crippen LogP contribution in [-0.4, -0.2) is 19.2 Å². The Morgan fingerprint density at radius 3 is 2.73 bits per heavy atom. The monoisotopic (exact) mass is 212 g/mol. The molecule has 0 N–H and O–H groups in total. The third kappa shape index (κ3) is 3.32. The number of carbonyl (C=O) groups is 1. The van der Waals surface area contributed by atoms with Gasteiger partial charge in [-0.25, -0.2) is 9.18 Å². The first kappa shape index (κ1) is 11.7. The van der Waals surface area contributed by atoms with Crippen molar-refractivity contribution in [2.45, 2.75) is 19.6 Å². The first-order chi connectivity index (χ1) is 7.15. The zero-order valence-corrected chi connectivity index (χ0v) is 8.70. The summed E-state index contributed by atoms with van der Waals surface area (Å²) in [6.45, 7) is 1.62. The number of carbonyl (C=O) groups excluding carboxylic acids is 1. The minimum Gasteiger partial charge on any atom is -0.467 e.